The number of carbonyl (C=O) groups is 2. The molecule has 2 aromatic rings. The minimum absolute atomic E-state index is 0.0515. The molecule has 0 unspecified atom stereocenters. The number of ketones is 1. The fourth-order valence-corrected chi connectivity index (χ4v) is 2.87. The monoisotopic (exact) mass is 404 g/mol. The summed E-state index contributed by atoms with van der Waals surface area (Å²) in [5.74, 6) is 0.825. The second-order valence-electron chi connectivity index (χ2n) is 5.54. The lowest BCUT2D eigenvalue weighted by atomic mass is 10.1. The molecule has 25 heavy (non-hydrogen) atoms. The smallest absolute Gasteiger partial charge is 0.306 e. The zero-order chi connectivity index (χ0) is 17.6. The number of fused-ring (bicyclic) bond motifs is 1. The van der Waals surface area contributed by atoms with Gasteiger partial charge in [-0.1, -0.05) is 46.3 Å². The van der Waals surface area contributed by atoms with Crippen molar-refractivity contribution >= 4 is 27.7 Å². The number of hydrogen-bond donors (Lipinski definition) is 0. The largest absolute Gasteiger partial charge is 0.486 e. The summed E-state index contributed by atoms with van der Waals surface area (Å²) in [5, 5.41) is 0. The van der Waals surface area contributed by atoms with Gasteiger partial charge in [-0.05, 0) is 12.1 Å². The molecule has 0 fully saturated rings. The van der Waals surface area contributed by atoms with E-state index in [1.54, 1.807) is 36.4 Å². The molecule has 1 heterocycles. The highest BCUT2D eigenvalue weighted by Gasteiger charge is 2.16. The highest BCUT2D eigenvalue weighted by molar-refractivity contribution is 9.10. The summed E-state index contributed by atoms with van der Waals surface area (Å²) in [5.41, 5.74) is 1.39. The topological polar surface area (TPSA) is 61.8 Å². The quantitative estimate of drug-likeness (QED) is 0.539. The van der Waals surface area contributed by atoms with Crippen LogP contribution >= 0.6 is 15.9 Å². The van der Waals surface area contributed by atoms with Gasteiger partial charge in [-0.2, -0.15) is 0 Å². The van der Waals surface area contributed by atoms with Crippen molar-refractivity contribution in [1.29, 1.82) is 0 Å². The van der Waals surface area contributed by atoms with E-state index in [0.717, 1.165) is 10.0 Å². The van der Waals surface area contributed by atoms with Crippen molar-refractivity contribution in [2.75, 3.05) is 13.2 Å². The van der Waals surface area contributed by atoms with Crippen molar-refractivity contribution in [3.8, 4) is 11.5 Å². The average molecular weight is 405 g/mol. The third-order valence-electron chi connectivity index (χ3n) is 3.75. The fourth-order valence-electron chi connectivity index (χ4n) is 2.43. The maximum Gasteiger partial charge on any atom is 0.306 e. The van der Waals surface area contributed by atoms with Gasteiger partial charge in [0.05, 0.1) is 6.42 Å². The molecular weight excluding hydrogens is 388 g/mol. The van der Waals surface area contributed by atoms with Crippen molar-refractivity contribution in [1.82, 2.24) is 0 Å². The number of ether oxygens (including phenoxy) is 3. The van der Waals surface area contributed by atoms with Crippen LogP contribution in [0.1, 0.15) is 28.8 Å². The van der Waals surface area contributed by atoms with Gasteiger partial charge in [0.1, 0.15) is 19.8 Å². The summed E-state index contributed by atoms with van der Waals surface area (Å²) in [6.45, 7) is 1.12. The number of hydrogen-bond acceptors (Lipinski definition) is 5. The molecule has 1 aliphatic heterocycles. The van der Waals surface area contributed by atoms with Crippen LogP contribution in [0.4, 0.5) is 0 Å². The van der Waals surface area contributed by atoms with Gasteiger partial charge in [-0.3, -0.25) is 9.59 Å². The van der Waals surface area contributed by atoms with E-state index in [4.69, 9.17) is 14.2 Å². The van der Waals surface area contributed by atoms with Crippen LogP contribution in [0, 0.1) is 0 Å². The Hall–Kier alpha value is -2.34. The van der Waals surface area contributed by atoms with Gasteiger partial charge in [0, 0.05) is 22.0 Å². The molecule has 0 aromatic heterocycles. The first-order chi connectivity index (χ1) is 12.1. The van der Waals surface area contributed by atoms with Crippen LogP contribution in [0.5, 0.6) is 11.5 Å². The standard InChI is InChI=1S/C19H17BrO5/c20-15-11-18-17(23-8-9-24-18)10-14(15)12-25-19(22)7-6-16(21)13-4-2-1-3-5-13/h1-5,10-11H,6-9,12H2. The van der Waals surface area contributed by atoms with Crippen LogP contribution in [-0.2, 0) is 16.1 Å². The zero-order valence-corrected chi connectivity index (χ0v) is 15.1. The minimum atomic E-state index is -0.411. The Bertz CT molecular complexity index is 773. The predicted octanol–water partition coefficient (Wildman–Crippen LogP) is 3.93. The number of benzene rings is 2. The number of rotatable bonds is 6. The van der Waals surface area contributed by atoms with E-state index < -0.39 is 5.97 Å². The Morgan fingerprint density at radius 2 is 1.68 bits per heavy atom. The van der Waals surface area contributed by atoms with Gasteiger partial charge in [0.25, 0.3) is 0 Å². The molecule has 0 spiro atoms. The number of halogens is 1. The Labute approximate surface area is 154 Å². The molecule has 0 N–H and O–H groups in total. The van der Waals surface area contributed by atoms with Crippen molar-refractivity contribution in [2.45, 2.75) is 19.4 Å². The summed E-state index contributed by atoms with van der Waals surface area (Å²) in [7, 11) is 0. The van der Waals surface area contributed by atoms with Gasteiger partial charge in [0.15, 0.2) is 17.3 Å². The second kappa shape index (κ2) is 8.16. The van der Waals surface area contributed by atoms with Crippen molar-refractivity contribution in [3.05, 3.63) is 58.1 Å². The van der Waals surface area contributed by atoms with Crippen LogP contribution in [0.25, 0.3) is 0 Å². The Morgan fingerprint density at radius 1 is 1.00 bits per heavy atom. The van der Waals surface area contributed by atoms with Gasteiger partial charge >= 0.3 is 5.97 Å². The number of esters is 1. The van der Waals surface area contributed by atoms with E-state index in [1.165, 1.54) is 0 Å². The lowest BCUT2D eigenvalue weighted by Crippen LogP contribution is -2.16. The Balaban J connectivity index is 1.51. The van der Waals surface area contributed by atoms with Gasteiger partial charge in [-0.15, -0.1) is 0 Å². The SMILES string of the molecule is O=C(CCC(=O)c1ccccc1)OCc1cc2c(cc1Br)OCCO2. The molecule has 0 aliphatic carbocycles. The Kier molecular flexibility index (Phi) is 5.71. The van der Waals surface area contributed by atoms with Crippen molar-refractivity contribution in [3.63, 3.8) is 0 Å². The zero-order valence-electron chi connectivity index (χ0n) is 13.5. The fraction of sp³-hybridized carbons (Fsp3) is 0.263. The predicted molar refractivity (Wildman–Crippen MR) is 94.9 cm³/mol. The Morgan fingerprint density at radius 3 is 2.40 bits per heavy atom. The summed E-state index contributed by atoms with van der Waals surface area (Å²) in [4.78, 5) is 23.9. The summed E-state index contributed by atoms with van der Waals surface area (Å²) in [6, 6.07) is 12.5. The number of carbonyl (C=O) groups excluding carboxylic acids is 2. The average Bonchev–Trinajstić information content (AvgIpc) is 2.65. The van der Waals surface area contributed by atoms with Gasteiger partial charge in [-0.25, -0.2) is 0 Å². The minimum Gasteiger partial charge on any atom is -0.486 e. The molecule has 0 atom stereocenters. The van der Waals surface area contributed by atoms with E-state index in [0.29, 0.717) is 30.3 Å². The highest BCUT2D eigenvalue weighted by Crippen LogP contribution is 2.35. The van der Waals surface area contributed by atoms with Crippen LogP contribution in [-0.4, -0.2) is 25.0 Å². The molecule has 5 nitrogen and oxygen atoms in total. The molecule has 2 aromatic carbocycles. The first kappa shape index (κ1) is 17.5. The number of Topliss-reactive ketones (excluding diaryl/α,β-unsaturated/α-hetero) is 1. The third kappa shape index (κ3) is 4.60. The van der Waals surface area contributed by atoms with Crippen molar-refractivity contribution < 1.29 is 23.8 Å². The van der Waals surface area contributed by atoms with Crippen LogP contribution < -0.4 is 9.47 Å². The van der Waals surface area contributed by atoms with Crippen LogP contribution in [0.3, 0.4) is 0 Å². The first-order valence-corrected chi connectivity index (χ1v) is 8.74. The third-order valence-corrected chi connectivity index (χ3v) is 4.49. The van der Waals surface area contributed by atoms with E-state index >= 15 is 0 Å². The molecule has 6 heteroatoms. The molecule has 130 valence electrons. The summed E-state index contributed by atoms with van der Waals surface area (Å²) in [6.07, 6.45) is 0.182. The van der Waals surface area contributed by atoms with E-state index in [-0.39, 0.29) is 25.2 Å². The second-order valence-corrected chi connectivity index (χ2v) is 6.39. The normalized spacial score (nSPS) is 12.5. The van der Waals surface area contributed by atoms with Crippen LogP contribution in [0.2, 0.25) is 0 Å². The highest BCUT2D eigenvalue weighted by atomic mass is 79.9. The van der Waals surface area contributed by atoms with Crippen molar-refractivity contribution in [2.24, 2.45) is 0 Å². The lowest BCUT2D eigenvalue weighted by Gasteiger charge is -2.19. The molecule has 0 bridgehead atoms. The van der Waals surface area contributed by atoms with Crippen LogP contribution in [0.15, 0.2) is 46.9 Å². The van der Waals surface area contributed by atoms with Gasteiger partial charge in [0.2, 0.25) is 0 Å². The van der Waals surface area contributed by atoms with E-state index in [9.17, 15) is 9.59 Å². The first-order valence-electron chi connectivity index (χ1n) is 7.95. The van der Waals surface area contributed by atoms with E-state index in [1.807, 2.05) is 6.07 Å². The summed E-state index contributed by atoms with van der Waals surface area (Å²) >= 11 is 3.44. The maximum atomic E-state index is 12.0. The molecule has 0 saturated carbocycles. The molecule has 0 radical (unpaired) electrons. The molecule has 0 saturated heterocycles. The summed E-state index contributed by atoms with van der Waals surface area (Å²) < 4.78 is 17.1. The van der Waals surface area contributed by atoms with Gasteiger partial charge < -0.3 is 14.2 Å². The lowest BCUT2D eigenvalue weighted by molar-refractivity contribution is -0.144. The molecule has 3 rings (SSSR count). The van der Waals surface area contributed by atoms with E-state index in [2.05, 4.69) is 15.9 Å². The molecule has 1 aliphatic rings. The molecular formula is C19H17BrO5. The maximum absolute atomic E-state index is 12.0. The molecule has 0 amide bonds.